The maximum absolute atomic E-state index is 12.4. The van der Waals surface area contributed by atoms with Gasteiger partial charge in [-0.15, -0.1) is 0 Å². The van der Waals surface area contributed by atoms with Crippen molar-refractivity contribution in [1.29, 1.82) is 0 Å². The minimum atomic E-state index is -3.43. The molecule has 0 unspecified atom stereocenters. The van der Waals surface area contributed by atoms with Gasteiger partial charge in [0, 0.05) is 18.6 Å². The third-order valence-electron chi connectivity index (χ3n) is 4.99. The molecule has 1 saturated carbocycles. The largest absolute Gasteiger partial charge is 0.491 e. The van der Waals surface area contributed by atoms with Crippen molar-refractivity contribution in [2.24, 2.45) is 0 Å². The quantitative estimate of drug-likeness (QED) is 0.347. The standard InChI is InChI=1S/C16H25NO3S.C9H8FN/c1-13(2)20-15-9-11-16(12-10-15)21(18,19)17-14-7-5-3-4-6-8-14;1-2-11-7-8-3-5-9(10)6-4-8/h9-14,17H,3-8H2,1-2H3;1,3-6,11H,7H2. The van der Waals surface area contributed by atoms with Crippen LogP contribution in [0, 0.1) is 18.3 Å². The first-order valence-electron chi connectivity index (χ1n) is 11.0. The molecule has 2 aromatic rings. The number of hydrogen-bond donors (Lipinski definition) is 2. The fourth-order valence-corrected chi connectivity index (χ4v) is 4.71. The number of nitrogens with one attached hydrogen (secondary N) is 2. The van der Waals surface area contributed by atoms with E-state index in [2.05, 4.69) is 16.1 Å². The van der Waals surface area contributed by atoms with Gasteiger partial charge < -0.3 is 10.1 Å². The maximum atomic E-state index is 12.4. The number of sulfonamides is 1. The number of ether oxygens (including phenoxy) is 1. The van der Waals surface area contributed by atoms with Crippen LogP contribution in [0.1, 0.15) is 57.9 Å². The molecule has 0 aliphatic heterocycles. The molecular weight excluding hydrogens is 427 g/mol. The lowest BCUT2D eigenvalue weighted by molar-refractivity contribution is 0.242. The summed E-state index contributed by atoms with van der Waals surface area (Å²) in [7, 11) is -3.43. The van der Waals surface area contributed by atoms with Crippen LogP contribution in [0.4, 0.5) is 4.39 Å². The van der Waals surface area contributed by atoms with E-state index in [-0.39, 0.29) is 18.0 Å². The van der Waals surface area contributed by atoms with Gasteiger partial charge in [-0.25, -0.2) is 17.5 Å². The molecule has 0 spiro atoms. The van der Waals surface area contributed by atoms with Gasteiger partial charge in [0.15, 0.2) is 0 Å². The molecule has 0 heterocycles. The smallest absolute Gasteiger partial charge is 0.240 e. The van der Waals surface area contributed by atoms with Crippen molar-refractivity contribution >= 4 is 10.0 Å². The highest BCUT2D eigenvalue weighted by molar-refractivity contribution is 7.89. The fraction of sp³-hybridized carbons (Fsp3) is 0.440. The topological polar surface area (TPSA) is 67.4 Å². The zero-order valence-electron chi connectivity index (χ0n) is 18.8. The summed E-state index contributed by atoms with van der Waals surface area (Å²) in [6, 6.07) is 15.2. The lowest BCUT2D eigenvalue weighted by atomic mass is 10.1. The second kappa shape index (κ2) is 13.1. The van der Waals surface area contributed by atoms with Crippen LogP contribution in [0.15, 0.2) is 53.4 Å². The molecule has 2 aromatic carbocycles. The molecule has 5 nitrogen and oxygen atoms in total. The predicted molar refractivity (Wildman–Crippen MR) is 126 cm³/mol. The lowest BCUT2D eigenvalue weighted by Crippen LogP contribution is -2.34. The van der Waals surface area contributed by atoms with E-state index in [1.54, 1.807) is 36.4 Å². The zero-order chi connectivity index (χ0) is 23.4. The molecule has 2 N–H and O–H groups in total. The average molecular weight is 461 g/mol. The van der Waals surface area contributed by atoms with Crippen LogP contribution in [-0.4, -0.2) is 20.6 Å². The Hall–Kier alpha value is -2.56. The SMILES string of the molecule is C#CNCc1ccc(F)cc1.CC(C)Oc1ccc(S(=O)(=O)NC2CCCCCC2)cc1. The van der Waals surface area contributed by atoms with E-state index >= 15 is 0 Å². The second-order valence-electron chi connectivity index (χ2n) is 8.07. The lowest BCUT2D eigenvalue weighted by Gasteiger charge is -2.16. The summed E-state index contributed by atoms with van der Waals surface area (Å²) in [6.07, 6.45) is 11.6. The molecule has 3 rings (SSSR count). The molecule has 0 saturated heterocycles. The molecule has 174 valence electrons. The Morgan fingerprint density at radius 1 is 1.03 bits per heavy atom. The number of terminal acetylenes is 1. The number of halogens is 1. The Morgan fingerprint density at radius 2 is 1.62 bits per heavy atom. The average Bonchev–Trinajstić information content (AvgIpc) is 3.02. The zero-order valence-corrected chi connectivity index (χ0v) is 19.6. The Kier molecular flexibility index (Phi) is 10.5. The Morgan fingerprint density at radius 3 is 2.16 bits per heavy atom. The van der Waals surface area contributed by atoms with E-state index in [4.69, 9.17) is 11.2 Å². The Balaban J connectivity index is 0.000000278. The van der Waals surface area contributed by atoms with Gasteiger partial charge in [0.1, 0.15) is 11.6 Å². The van der Waals surface area contributed by atoms with Crippen molar-refractivity contribution in [3.8, 4) is 18.2 Å². The van der Waals surface area contributed by atoms with Crippen molar-refractivity contribution in [3.63, 3.8) is 0 Å². The number of benzene rings is 2. The first kappa shape index (κ1) is 25.7. The molecule has 1 aliphatic rings. The molecular formula is C25H33FN2O3S. The second-order valence-corrected chi connectivity index (χ2v) is 9.79. The monoisotopic (exact) mass is 460 g/mol. The summed E-state index contributed by atoms with van der Waals surface area (Å²) in [5, 5.41) is 2.69. The highest BCUT2D eigenvalue weighted by Gasteiger charge is 2.21. The van der Waals surface area contributed by atoms with Crippen molar-refractivity contribution in [2.45, 2.75) is 76.0 Å². The molecule has 0 bridgehead atoms. The van der Waals surface area contributed by atoms with Gasteiger partial charge in [-0.3, -0.25) is 0 Å². The Labute approximate surface area is 191 Å². The summed E-state index contributed by atoms with van der Waals surface area (Å²) >= 11 is 0. The van der Waals surface area contributed by atoms with E-state index in [1.807, 2.05) is 13.8 Å². The van der Waals surface area contributed by atoms with Gasteiger partial charge in [-0.2, -0.15) is 0 Å². The summed E-state index contributed by atoms with van der Waals surface area (Å²) in [5.74, 6) is 0.466. The van der Waals surface area contributed by atoms with Crippen LogP contribution in [0.2, 0.25) is 0 Å². The van der Waals surface area contributed by atoms with E-state index in [0.717, 1.165) is 31.2 Å². The van der Waals surface area contributed by atoms with Crippen LogP contribution in [-0.2, 0) is 16.6 Å². The summed E-state index contributed by atoms with van der Waals surface area (Å²) in [4.78, 5) is 0.308. The van der Waals surface area contributed by atoms with E-state index in [1.165, 1.54) is 25.0 Å². The Bertz CT molecular complexity index is 944. The number of rotatable bonds is 7. The van der Waals surface area contributed by atoms with Crippen molar-refractivity contribution < 1.29 is 17.5 Å². The van der Waals surface area contributed by atoms with Crippen LogP contribution in [0.3, 0.4) is 0 Å². The van der Waals surface area contributed by atoms with Crippen LogP contribution < -0.4 is 14.8 Å². The van der Waals surface area contributed by atoms with E-state index in [9.17, 15) is 12.8 Å². The first-order chi connectivity index (χ1) is 15.3. The summed E-state index contributed by atoms with van der Waals surface area (Å²) in [5.41, 5.74) is 0.976. The van der Waals surface area contributed by atoms with Gasteiger partial charge in [-0.05, 0) is 68.7 Å². The maximum Gasteiger partial charge on any atom is 0.240 e. The van der Waals surface area contributed by atoms with E-state index < -0.39 is 10.0 Å². The van der Waals surface area contributed by atoms with Crippen LogP contribution in [0.5, 0.6) is 5.75 Å². The number of hydrogen-bond acceptors (Lipinski definition) is 4. The van der Waals surface area contributed by atoms with Crippen molar-refractivity contribution in [1.82, 2.24) is 10.0 Å². The van der Waals surface area contributed by atoms with Crippen molar-refractivity contribution in [2.75, 3.05) is 0 Å². The van der Waals surface area contributed by atoms with Gasteiger partial charge >= 0.3 is 0 Å². The van der Waals surface area contributed by atoms with E-state index in [0.29, 0.717) is 17.2 Å². The van der Waals surface area contributed by atoms with Gasteiger partial charge in [0.05, 0.1) is 11.0 Å². The minimum Gasteiger partial charge on any atom is -0.491 e. The predicted octanol–water partition coefficient (Wildman–Crippen LogP) is 4.98. The summed E-state index contributed by atoms with van der Waals surface area (Å²) in [6.45, 7) is 4.47. The molecule has 0 radical (unpaired) electrons. The molecule has 7 heteroatoms. The van der Waals surface area contributed by atoms with Gasteiger partial charge in [0.2, 0.25) is 10.0 Å². The molecule has 0 aromatic heterocycles. The van der Waals surface area contributed by atoms with Crippen LogP contribution in [0.25, 0.3) is 0 Å². The first-order valence-corrected chi connectivity index (χ1v) is 12.5. The van der Waals surface area contributed by atoms with Gasteiger partial charge in [-0.1, -0.05) is 44.2 Å². The highest BCUT2D eigenvalue weighted by Crippen LogP contribution is 2.21. The third-order valence-corrected chi connectivity index (χ3v) is 6.53. The normalized spacial score (nSPS) is 14.6. The summed E-state index contributed by atoms with van der Waals surface area (Å²) < 4.78 is 45.5. The molecule has 1 aliphatic carbocycles. The third kappa shape index (κ3) is 9.29. The van der Waals surface area contributed by atoms with Gasteiger partial charge in [0.25, 0.3) is 0 Å². The van der Waals surface area contributed by atoms with Crippen LogP contribution >= 0.6 is 0 Å². The molecule has 0 amide bonds. The molecule has 32 heavy (non-hydrogen) atoms. The molecule has 1 fully saturated rings. The fourth-order valence-electron chi connectivity index (χ4n) is 3.41. The van der Waals surface area contributed by atoms with Crippen molar-refractivity contribution in [3.05, 3.63) is 59.9 Å². The molecule has 0 atom stereocenters. The highest BCUT2D eigenvalue weighted by atomic mass is 32.2. The minimum absolute atomic E-state index is 0.0732.